The van der Waals surface area contributed by atoms with Crippen molar-refractivity contribution in [2.75, 3.05) is 13.1 Å². The van der Waals surface area contributed by atoms with Crippen molar-refractivity contribution in [3.63, 3.8) is 0 Å². The fourth-order valence-electron chi connectivity index (χ4n) is 2.47. The summed E-state index contributed by atoms with van der Waals surface area (Å²) >= 11 is 0. The van der Waals surface area contributed by atoms with Crippen LogP contribution < -0.4 is 5.73 Å². The van der Waals surface area contributed by atoms with Gasteiger partial charge in [0.1, 0.15) is 0 Å². The van der Waals surface area contributed by atoms with E-state index in [9.17, 15) is 0 Å². The summed E-state index contributed by atoms with van der Waals surface area (Å²) in [5.74, 6) is 0. The zero-order valence-electron chi connectivity index (χ0n) is 11.8. The fourth-order valence-corrected chi connectivity index (χ4v) is 2.47. The van der Waals surface area contributed by atoms with E-state index >= 15 is 0 Å². The summed E-state index contributed by atoms with van der Waals surface area (Å²) in [4.78, 5) is 2.39. The monoisotopic (exact) mass is 238 g/mol. The Morgan fingerprint density at radius 1 is 1.35 bits per heavy atom. The minimum absolute atomic E-state index is 0.0233. The summed E-state index contributed by atoms with van der Waals surface area (Å²) in [5.41, 5.74) is 7.50. The van der Waals surface area contributed by atoms with Gasteiger partial charge < -0.3 is 5.73 Å². The first-order valence-electron chi connectivity index (χ1n) is 6.51. The number of hydrogen-bond donors (Lipinski definition) is 1. The Labute approximate surface area is 105 Å². The van der Waals surface area contributed by atoms with Crippen LogP contribution in [0.1, 0.15) is 46.4 Å². The number of hydrogen-bond acceptors (Lipinski definition) is 3. The highest BCUT2D eigenvalue weighted by atomic mass is 15.3. The van der Waals surface area contributed by atoms with Crippen molar-refractivity contribution in [2.45, 2.75) is 52.7 Å². The molecular formula is C13H26N4. The maximum atomic E-state index is 6.44. The molecule has 0 fully saturated rings. The van der Waals surface area contributed by atoms with Gasteiger partial charge in [-0.2, -0.15) is 5.10 Å². The van der Waals surface area contributed by atoms with Crippen LogP contribution in [0.3, 0.4) is 0 Å². The van der Waals surface area contributed by atoms with E-state index in [1.807, 2.05) is 16.9 Å². The lowest BCUT2D eigenvalue weighted by atomic mass is 9.90. The van der Waals surface area contributed by atoms with Gasteiger partial charge in [0.2, 0.25) is 0 Å². The van der Waals surface area contributed by atoms with E-state index in [-0.39, 0.29) is 11.6 Å². The lowest BCUT2D eigenvalue weighted by molar-refractivity contribution is 0.103. The van der Waals surface area contributed by atoms with Crippen LogP contribution in [0.25, 0.3) is 0 Å². The SMILES string of the molecule is CCN(CC)C(C)(C)C(N)c1ccnn1CC. The normalized spacial score (nSPS) is 14.3. The van der Waals surface area contributed by atoms with Gasteiger partial charge in [0.05, 0.1) is 11.7 Å². The number of nitrogens with two attached hydrogens (primary N) is 1. The summed E-state index contributed by atoms with van der Waals surface area (Å²) in [6.45, 7) is 13.7. The van der Waals surface area contributed by atoms with E-state index in [1.165, 1.54) is 0 Å². The van der Waals surface area contributed by atoms with Crippen LogP contribution >= 0.6 is 0 Å². The Hall–Kier alpha value is -0.870. The first-order chi connectivity index (χ1) is 7.98. The average molecular weight is 238 g/mol. The van der Waals surface area contributed by atoms with Crippen molar-refractivity contribution < 1.29 is 0 Å². The molecule has 4 heteroatoms. The van der Waals surface area contributed by atoms with Crippen molar-refractivity contribution in [2.24, 2.45) is 5.73 Å². The maximum absolute atomic E-state index is 6.44. The molecule has 0 aliphatic rings. The standard InChI is InChI=1S/C13H26N4/c1-6-16(7-2)13(4,5)12(14)11-9-10-15-17(11)8-3/h9-10,12H,6-8,14H2,1-5H3. The first-order valence-corrected chi connectivity index (χ1v) is 6.51. The Balaban J connectivity index is 2.98. The van der Waals surface area contributed by atoms with Gasteiger partial charge in [0.25, 0.3) is 0 Å². The fraction of sp³-hybridized carbons (Fsp3) is 0.769. The Morgan fingerprint density at radius 2 is 1.94 bits per heavy atom. The molecule has 0 bridgehead atoms. The van der Waals surface area contributed by atoms with E-state index in [0.29, 0.717) is 0 Å². The van der Waals surface area contributed by atoms with Crippen LogP contribution in [-0.2, 0) is 6.54 Å². The second-order valence-corrected chi connectivity index (χ2v) is 4.88. The minimum Gasteiger partial charge on any atom is -0.321 e. The number of rotatable bonds is 6. The highest BCUT2D eigenvalue weighted by molar-refractivity contribution is 5.12. The van der Waals surface area contributed by atoms with Gasteiger partial charge in [-0.15, -0.1) is 0 Å². The molecule has 1 rings (SSSR count). The molecule has 0 aliphatic carbocycles. The molecule has 4 nitrogen and oxygen atoms in total. The summed E-state index contributed by atoms with van der Waals surface area (Å²) < 4.78 is 1.98. The smallest absolute Gasteiger partial charge is 0.0648 e. The molecule has 1 aromatic rings. The van der Waals surface area contributed by atoms with Crippen LogP contribution in [0.15, 0.2) is 12.3 Å². The molecule has 1 heterocycles. The van der Waals surface area contributed by atoms with Crippen molar-refractivity contribution in [1.29, 1.82) is 0 Å². The van der Waals surface area contributed by atoms with E-state index in [4.69, 9.17) is 5.73 Å². The van der Waals surface area contributed by atoms with Crippen LogP contribution in [0.4, 0.5) is 0 Å². The molecule has 0 spiro atoms. The van der Waals surface area contributed by atoms with Gasteiger partial charge in [0, 0.05) is 18.3 Å². The van der Waals surface area contributed by atoms with E-state index in [1.54, 1.807) is 0 Å². The Kier molecular flexibility index (Phi) is 4.71. The average Bonchev–Trinajstić information content (AvgIpc) is 2.77. The summed E-state index contributed by atoms with van der Waals surface area (Å²) in [6.07, 6.45) is 1.83. The van der Waals surface area contributed by atoms with Gasteiger partial charge in [-0.25, -0.2) is 0 Å². The quantitative estimate of drug-likeness (QED) is 0.825. The third-order valence-electron chi connectivity index (χ3n) is 3.71. The highest BCUT2D eigenvalue weighted by Crippen LogP contribution is 2.28. The third-order valence-corrected chi connectivity index (χ3v) is 3.71. The predicted molar refractivity (Wildman–Crippen MR) is 71.8 cm³/mol. The second-order valence-electron chi connectivity index (χ2n) is 4.88. The molecule has 1 aromatic heterocycles. The van der Waals surface area contributed by atoms with Crippen LogP contribution in [0.5, 0.6) is 0 Å². The molecule has 1 unspecified atom stereocenters. The topological polar surface area (TPSA) is 47.1 Å². The lowest BCUT2D eigenvalue weighted by Crippen LogP contribution is -2.51. The van der Waals surface area contributed by atoms with Crippen molar-refractivity contribution >= 4 is 0 Å². The molecule has 17 heavy (non-hydrogen) atoms. The zero-order valence-corrected chi connectivity index (χ0v) is 11.8. The number of nitrogens with zero attached hydrogens (tertiary/aromatic N) is 3. The Bertz CT molecular complexity index is 339. The zero-order chi connectivity index (χ0) is 13.1. The predicted octanol–water partition coefficient (Wildman–Crippen LogP) is 2.02. The Morgan fingerprint density at radius 3 is 2.41 bits per heavy atom. The van der Waals surface area contributed by atoms with Crippen molar-refractivity contribution in [3.05, 3.63) is 18.0 Å². The molecule has 0 aliphatic heterocycles. The summed E-state index contributed by atoms with van der Waals surface area (Å²) in [6, 6.07) is 2.00. The third kappa shape index (κ3) is 2.69. The summed E-state index contributed by atoms with van der Waals surface area (Å²) in [7, 11) is 0. The van der Waals surface area contributed by atoms with Gasteiger partial charge >= 0.3 is 0 Å². The first kappa shape index (κ1) is 14.2. The molecule has 1 atom stereocenters. The molecule has 0 saturated carbocycles. The van der Waals surface area contributed by atoms with E-state index < -0.39 is 0 Å². The largest absolute Gasteiger partial charge is 0.321 e. The van der Waals surface area contributed by atoms with Gasteiger partial charge in [-0.3, -0.25) is 9.58 Å². The van der Waals surface area contributed by atoms with Gasteiger partial charge in [-0.1, -0.05) is 13.8 Å². The van der Waals surface area contributed by atoms with E-state index in [2.05, 4.69) is 44.6 Å². The van der Waals surface area contributed by atoms with Crippen LogP contribution in [-0.4, -0.2) is 33.3 Å². The molecular weight excluding hydrogens is 212 g/mol. The molecule has 0 saturated heterocycles. The number of aryl methyl sites for hydroxylation is 1. The molecule has 0 amide bonds. The minimum atomic E-state index is -0.0591. The van der Waals surface area contributed by atoms with Crippen molar-refractivity contribution in [1.82, 2.24) is 14.7 Å². The highest BCUT2D eigenvalue weighted by Gasteiger charge is 2.34. The van der Waals surface area contributed by atoms with Gasteiger partial charge in [-0.05, 0) is 39.9 Å². The second kappa shape index (κ2) is 5.65. The van der Waals surface area contributed by atoms with Crippen molar-refractivity contribution in [3.8, 4) is 0 Å². The van der Waals surface area contributed by atoms with Gasteiger partial charge in [0.15, 0.2) is 0 Å². The van der Waals surface area contributed by atoms with E-state index in [0.717, 1.165) is 25.3 Å². The summed E-state index contributed by atoms with van der Waals surface area (Å²) in [5, 5.41) is 4.30. The molecule has 98 valence electrons. The molecule has 0 aromatic carbocycles. The van der Waals surface area contributed by atoms with Crippen LogP contribution in [0, 0.1) is 0 Å². The number of likely N-dealkylation sites (N-methyl/N-ethyl adjacent to an activating group) is 1. The maximum Gasteiger partial charge on any atom is 0.0648 e. The lowest BCUT2D eigenvalue weighted by Gasteiger charge is -2.41. The number of aromatic nitrogens is 2. The van der Waals surface area contributed by atoms with Crippen LogP contribution in [0.2, 0.25) is 0 Å². The molecule has 2 N–H and O–H groups in total. The molecule has 0 radical (unpaired) electrons.